The zero-order valence-corrected chi connectivity index (χ0v) is 12.5. The second-order valence-electron chi connectivity index (χ2n) is 4.32. The maximum Gasteiger partial charge on any atom is 0.308 e. The predicted octanol–water partition coefficient (Wildman–Crippen LogP) is -0.117. The van der Waals surface area contributed by atoms with Crippen molar-refractivity contribution in [2.24, 2.45) is 5.92 Å². The minimum Gasteiger partial charge on any atom is -0.481 e. The number of sulfonamides is 1. The Morgan fingerprint density at radius 3 is 2.05 bits per heavy atom. The van der Waals surface area contributed by atoms with Gasteiger partial charge >= 0.3 is 5.97 Å². The Labute approximate surface area is 114 Å². The van der Waals surface area contributed by atoms with Crippen LogP contribution in [-0.2, 0) is 19.6 Å². The lowest BCUT2D eigenvalue weighted by Crippen LogP contribution is -2.45. The van der Waals surface area contributed by atoms with Crippen LogP contribution in [0.4, 0.5) is 0 Å². The number of carboxylic acids is 1. The number of rotatable bonds is 8. The summed E-state index contributed by atoms with van der Waals surface area (Å²) >= 11 is 0. The maximum atomic E-state index is 11.8. The van der Waals surface area contributed by atoms with Gasteiger partial charge in [-0.2, -0.15) is 0 Å². The highest BCUT2D eigenvalue weighted by Crippen LogP contribution is 2.04. The molecule has 0 saturated heterocycles. The van der Waals surface area contributed by atoms with Gasteiger partial charge in [0.2, 0.25) is 15.9 Å². The van der Waals surface area contributed by atoms with Gasteiger partial charge in [-0.25, -0.2) is 12.7 Å². The van der Waals surface area contributed by atoms with E-state index in [1.54, 1.807) is 13.8 Å². The first kappa shape index (κ1) is 17.8. The van der Waals surface area contributed by atoms with Gasteiger partial charge in [-0.3, -0.25) is 9.59 Å². The fraction of sp³-hybridized carbons (Fsp3) is 0.818. The Morgan fingerprint density at radius 2 is 1.68 bits per heavy atom. The van der Waals surface area contributed by atoms with E-state index in [1.807, 2.05) is 0 Å². The van der Waals surface area contributed by atoms with Crippen LogP contribution in [0.1, 0.15) is 27.7 Å². The van der Waals surface area contributed by atoms with Gasteiger partial charge < -0.3 is 10.4 Å². The first-order valence-electron chi connectivity index (χ1n) is 6.15. The third-order valence-corrected chi connectivity index (χ3v) is 4.87. The van der Waals surface area contributed by atoms with E-state index in [0.717, 1.165) is 0 Å². The lowest BCUT2D eigenvalue weighted by molar-refractivity contribution is -0.142. The average Bonchev–Trinajstić information content (AvgIpc) is 2.27. The van der Waals surface area contributed by atoms with Crippen molar-refractivity contribution in [3.63, 3.8) is 0 Å². The lowest BCUT2D eigenvalue weighted by atomic mass is 10.0. The fourth-order valence-electron chi connectivity index (χ4n) is 1.51. The van der Waals surface area contributed by atoms with Crippen LogP contribution in [0, 0.1) is 5.92 Å². The fourth-order valence-corrected chi connectivity index (χ4v) is 2.89. The highest BCUT2D eigenvalue weighted by molar-refractivity contribution is 7.89. The summed E-state index contributed by atoms with van der Waals surface area (Å²) in [5.41, 5.74) is 0. The molecule has 0 saturated carbocycles. The third kappa shape index (κ3) is 5.56. The van der Waals surface area contributed by atoms with Crippen molar-refractivity contribution in [2.45, 2.75) is 33.7 Å². The molecule has 0 aliphatic heterocycles. The molecular formula is C11H22N2O5S. The molecule has 1 amide bonds. The van der Waals surface area contributed by atoms with Crippen molar-refractivity contribution in [1.29, 1.82) is 0 Å². The number of amides is 1. The molecule has 0 bridgehead atoms. The molecule has 0 aliphatic carbocycles. The second-order valence-corrected chi connectivity index (χ2v) is 6.29. The van der Waals surface area contributed by atoms with Crippen LogP contribution in [0.25, 0.3) is 0 Å². The molecule has 0 aromatic carbocycles. The van der Waals surface area contributed by atoms with Crippen molar-refractivity contribution in [1.82, 2.24) is 9.62 Å². The van der Waals surface area contributed by atoms with Crippen LogP contribution in [0.3, 0.4) is 0 Å². The Bertz CT molecular complexity index is 417. The predicted molar refractivity (Wildman–Crippen MR) is 71.1 cm³/mol. The molecule has 2 N–H and O–H groups in total. The van der Waals surface area contributed by atoms with Gasteiger partial charge in [0.05, 0.1) is 5.92 Å². The first-order valence-corrected chi connectivity index (χ1v) is 7.76. The van der Waals surface area contributed by atoms with Gasteiger partial charge in [0.25, 0.3) is 0 Å². The Morgan fingerprint density at radius 1 is 1.21 bits per heavy atom. The third-order valence-electron chi connectivity index (χ3n) is 2.94. The smallest absolute Gasteiger partial charge is 0.308 e. The van der Waals surface area contributed by atoms with Crippen molar-refractivity contribution in [2.75, 3.05) is 18.8 Å². The number of nitrogens with one attached hydrogen (secondary N) is 1. The summed E-state index contributed by atoms with van der Waals surface area (Å²) in [5, 5.41) is 11.2. The van der Waals surface area contributed by atoms with Crippen molar-refractivity contribution in [3.8, 4) is 0 Å². The van der Waals surface area contributed by atoms with E-state index in [4.69, 9.17) is 5.11 Å². The highest BCUT2D eigenvalue weighted by Gasteiger charge is 2.26. The van der Waals surface area contributed by atoms with Crippen LogP contribution in [0.15, 0.2) is 0 Å². The zero-order chi connectivity index (χ0) is 15.2. The summed E-state index contributed by atoms with van der Waals surface area (Å²) in [7, 11) is -3.64. The summed E-state index contributed by atoms with van der Waals surface area (Å²) in [6, 6.07) is -0.628. The number of nitrogens with zero attached hydrogens (tertiary/aromatic N) is 1. The van der Waals surface area contributed by atoms with Gasteiger partial charge in [-0.15, -0.1) is 0 Å². The van der Waals surface area contributed by atoms with E-state index >= 15 is 0 Å². The van der Waals surface area contributed by atoms with Gasteiger partial charge in [0, 0.05) is 19.1 Å². The molecule has 2 atom stereocenters. The van der Waals surface area contributed by atoms with E-state index in [2.05, 4.69) is 5.32 Å². The van der Waals surface area contributed by atoms with E-state index < -0.39 is 39.6 Å². The van der Waals surface area contributed by atoms with Crippen LogP contribution >= 0.6 is 0 Å². The minimum absolute atomic E-state index is 0.299. The van der Waals surface area contributed by atoms with E-state index in [0.29, 0.717) is 13.1 Å². The molecule has 0 spiro atoms. The van der Waals surface area contributed by atoms with Crippen LogP contribution in [0.5, 0.6) is 0 Å². The molecule has 0 rings (SSSR count). The monoisotopic (exact) mass is 294 g/mol. The Kier molecular flexibility index (Phi) is 6.99. The summed E-state index contributed by atoms with van der Waals surface area (Å²) in [4.78, 5) is 22.4. The molecule has 0 aromatic rings. The highest BCUT2D eigenvalue weighted by atomic mass is 32.2. The van der Waals surface area contributed by atoms with E-state index in [9.17, 15) is 18.0 Å². The summed E-state index contributed by atoms with van der Waals surface area (Å²) in [6.45, 7) is 6.95. The lowest BCUT2D eigenvalue weighted by Gasteiger charge is -2.20. The molecule has 0 heterocycles. The Balaban J connectivity index is 4.59. The Hall–Kier alpha value is -1.15. The SMILES string of the molecule is CCN(CC)S(=O)(=O)CC(=O)NC(C)C(C)C(=O)O. The molecule has 19 heavy (non-hydrogen) atoms. The molecule has 0 aliphatic rings. The van der Waals surface area contributed by atoms with E-state index in [-0.39, 0.29) is 0 Å². The summed E-state index contributed by atoms with van der Waals surface area (Å²) in [6.07, 6.45) is 0. The number of carbonyl (C=O) groups excluding carboxylic acids is 1. The van der Waals surface area contributed by atoms with Gasteiger partial charge in [0.15, 0.2) is 0 Å². The number of aliphatic carboxylic acids is 1. The maximum absolute atomic E-state index is 11.8. The molecule has 7 nitrogen and oxygen atoms in total. The topological polar surface area (TPSA) is 104 Å². The first-order chi connectivity index (χ1) is 8.65. The summed E-state index contributed by atoms with van der Waals surface area (Å²) < 4.78 is 24.9. The normalized spacial score (nSPS) is 15.0. The number of hydrogen-bond acceptors (Lipinski definition) is 4. The van der Waals surface area contributed by atoms with Gasteiger partial charge in [0.1, 0.15) is 5.75 Å². The quantitative estimate of drug-likeness (QED) is 0.649. The van der Waals surface area contributed by atoms with Crippen LogP contribution in [0.2, 0.25) is 0 Å². The molecular weight excluding hydrogens is 272 g/mol. The standard InChI is InChI=1S/C11H22N2O5S/c1-5-13(6-2)19(17,18)7-10(14)12-9(4)8(3)11(15)16/h8-9H,5-7H2,1-4H3,(H,12,14)(H,15,16). The molecule has 0 fully saturated rings. The molecule has 2 unspecified atom stereocenters. The number of carbonyl (C=O) groups is 2. The molecule has 112 valence electrons. The van der Waals surface area contributed by atoms with Gasteiger partial charge in [-0.05, 0) is 13.8 Å². The second kappa shape index (κ2) is 7.44. The number of carboxylic acid groups (broad SMARTS) is 1. The summed E-state index contributed by atoms with van der Waals surface area (Å²) in [5.74, 6) is -3.17. The zero-order valence-electron chi connectivity index (χ0n) is 11.7. The van der Waals surface area contributed by atoms with Crippen LogP contribution < -0.4 is 5.32 Å². The van der Waals surface area contributed by atoms with Crippen molar-refractivity contribution in [3.05, 3.63) is 0 Å². The van der Waals surface area contributed by atoms with Crippen molar-refractivity contribution < 1.29 is 23.1 Å². The van der Waals surface area contributed by atoms with E-state index in [1.165, 1.54) is 18.2 Å². The molecule has 0 aromatic heterocycles. The van der Waals surface area contributed by atoms with Crippen LogP contribution in [-0.4, -0.2) is 54.6 Å². The molecule has 0 radical (unpaired) electrons. The largest absolute Gasteiger partial charge is 0.481 e. The number of hydrogen-bond donors (Lipinski definition) is 2. The minimum atomic E-state index is -3.64. The molecule has 8 heteroatoms. The van der Waals surface area contributed by atoms with Crippen molar-refractivity contribution >= 4 is 21.9 Å². The van der Waals surface area contributed by atoms with Gasteiger partial charge in [-0.1, -0.05) is 13.8 Å². The average molecular weight is 294 g/mol.